The molecular weight excluding hydrogens is 245 g/mol. The van der Waals surface area contributed by atoms with E-state index in [1.807, 2.05) is 6.07 Å². The Labute approximate surface area is 113 Å². The predicted molar refractivity (Wildman–Crippen MR) is 71.4 cm³/mol. The molecule has 0 saturated carbocycles. The minimum Gasteiger partial charge on any atom is -0.481 e. The molecule has 1 aromatic rings. The Balaban J connectivity index is 1.88. The van der Waals surface area contributed by atoms with Crippen LogP contribution in [0.25, 0.3) is 0 Å². The van der Waals surface area contributed by atoms with Gasteiger partial charge in [-0.25, -0.2) is 4.39 Å². The number of nitrogens with zero attached hydrogens (tertiary/aromatic N) is 1. The monoisotopic (exact) mass is 265 g/mol. The Hall–Kier alpha value is -1.42. The zero-order valence-corrected chi connectivity index (χ0v) is 11.0. The topological polar surface area (TPSA) is 40.5 Å². The zero-order valence-electron chi connectivity index (χ0n) is 11.0. The summed E-state index contributed by atoms with van der Waals surface area (Å²) in [5.41, 5.74) is 1.04. The van der Waals surface area contributed by atoms with E-state index in [2.05, 4.69) is 4.90 Å². The Kier molecular flexibility index (Phi) is 4.91. The van der Waals surface area contributed by atoms with Crippen molar-refractivity contribution in [3.05, 3.63) is 35.6 Å². The summed E-state index contributed by atoms with van der Waals surface area (Å²) >= 11 is 0. The van der Waals surface area contributed by atoms with Crippen LogP contribution in [-0.4, -0.2) is 29.1 Å². The van der Waals surface area contributed by atoms with Crippen LogP contribution in [0.2, 0.25) is 0 Å². The van der Waals surface area contributed by atoms with Gasteiger partial charge in [0.2, 0.25) is 0 Å². The molecule has 1 heterocycles. The first-order valence-electron chi connectivity index (χ1n) is 6.88. The van der Waals surface area contributed by atoms with Crippen molar-refractivity contribution >= 4 is 5.97 Å². The van der Waals surface area contributed by atoms with Crippen molar-refractivity contribution in [1.29, 1.82) is 0 Å². The largest absolute Gasteiger partial charge is 0.481 e. The summed E-state index contributed by atoms with van der Waals surface area (Å²) < 4.78 is 13.3. The van der Waals surface area contributed by atoms with Gasteiger partial charge in [0.15, 0.2) is 0 Å². The summed E-state index contributed by atoms with van der Waals surface area (Å²) in [5.74, 6) is -0.918. The maximum atomic E-state index is 13.3. The zero-order chi connectivity index (χ0) is 13.7. The van der Waals surface area contributed by atoms with E-state index in [9.17, 15) is 9.18 Å². The van der Waals surface area contributed by atoms with Gasteiger partial charge in [0.25, 0.3) is 0 Å². The number of aliphatic carboxylic acids is 1. The molecule has 1 aliphatic rings. The molecule has 19 heavy (non-hydrogen) atoms. The van der Waals surface area contributed by atoms with Gasteiger partial charge in [-0.2, -0.15) is 0 Å². The lowest BCUT2D eigenvalue weighted by Gasteiger charge is -2.24. The van der Waals surface area contributed by atoms with E-state index in [1.54, 1.807) is 12.1 Å². The molecule has 1 aliphatic heterocycles. The molecule has 1 aromatic carbocycles. The van der Waals surface area contributed by atoms with Crippen molar-refractivity contribution in [2.45, 2.75) is 38.1 Å². The van der Waals surface area contributed by atoms with Gasteiger partial charge in [-0.05, 0) is 56.5 Å². The van der Waals surface area contributed by atoms with Crippen LogP contribution in [0.3, 0.4) is 0 Å². The number of hydrogen-bond acceptors (Lipinski definition) is 2. The van der Waals surface area contributed by atoms with Gasteiger partial charge in [0, 0.05) is 12.5 Å². The number of carboxylic acid groups (broad SMARTS) is 1. The van der Waals surface area contributed by atoms with Crippen LogP contribution in [0.4, 0.5) is 4.39 Å². The van der Waals surface area contributed by atoms with Gasteiger partial charge in [0.1, 0.15) is 5.82 Å². The Morgan fingerprint density at radius 3 is 3.00 bits per heavy atom. The number of hydrogen-bond donors (Lipinski definition) is 1. The van der Waals surface area contributed by atoms with Gasteiger partial charge < -0.3 is 5.11 Å². The van der Waals surface area contributed by atoms with E-state index in [-0.39, 0.29) is 12.2 Å². The van der Waals surface area contributed by atoms with Crippen LogP contribution in [0.5, 0.6) is 0 Å². The first-order chi connectivity index (χ1) is 9.16. The van der Waals surface area contributed by atoms with E-state index < -0.39 is 5.97 Å². The number of unbranched alkanes of at least 4 members (excludes halogenated alkanes) is 1. The van der Waals surface area contributed by atoms with Gasteiger partial charge in [0.05, 0.1) is 0 Å². The highest BCUT2D eigenvalue weighted by molar-refractivity contribution is 5.66. The lowest BCUT2D eigenvalue weighted by atomic mass is 10.0. The Bertz CT molecular complexity index is 436. The molecule has 1 unspecified atom stereocenters. The van der Waals surface area contributed by atoms with Crippen molar-refractivity contribution < 1.29 is 14.3 Å². The van der Waals surface area contributed by atoms with Crippen molar-refractivity contribution in [1.82, 2.24) is 4.90 Å². The van der Waals surface area contributed by atoms with E-state index in [0.29, 0.717) is 12.5 Å². The number of carboxylic acids is 1. The van der Waals surface area contributed by atoms with Crippen LogP contribution in [-0.2, 0) is 4.79 Å². The van der Waals surface area contributed by atoms with E-state index in [1.165, 1.54) is 6.07 Å². The fraction of sp³-hybridized carbons (Fsp3) is 0.533. The molecule has 0 aliphatic carbocycles. The predicted octanol–water partition coefficient (Wildman–Crippen LogP) is 3.22. The fourth-order valence-corrected chi connectivity index (χ4v) is 2.78. The average Bonchev–Trinajstić information content (AvgIpc) is 2.83. The molecule has 0 radical (unpaired) electrons. The van der Waals surface area contributed by atoms with Gasteiger partial charge in [-0.15, -0.1) is 0 Å². The highest BCUT2D eigenvalue weighted by Gasteiger charge is 2.25. The lowest BCUT2D eigenvalue weighted by molar-refractivity contribution is -0.137. The lowest BCUT2D eigenvalue weighted by Crippen LogP contribution is -2.24. The molecule has 0 spiro atoms. The Morgan fingerprint density at radius 2 is 2.26 bits per heavy atom. The molecule has 1 saturated heterocycles. The van der Waals surface area contributed by atoms with Crippen molar-refractivity contribution in [2.24, 2.45) is 0 Å². The molecule has 1 atom stereocenters. The van der Waals surface area contributed by atoms with Crippen LogP contribution in [0.1, 0.15) is 43.7 Å². The summed E-state index contributed by atoms with van der Waals surface area (Å²) in [6.45, 7) is 1.92. The quantitative estimate of drug-likeness (QED) is 0.803. The van der Waals surface area contributed by atoms with Gasteiger partial charge >= 0.3 is 5.97 Å². The second-order valence-electron chi connectivity index (χ2n) is 5.10. The fourth-order valence-electron chi connectivity index (χ4n) is 2.78. The third kappa shape index (κ3) is 4.03. The molecule has 0 aromatic heterocycles. The van der Waals surface area contributed by atoms with Gasteiger partial charge in [-0.3, -0.25) is 9.69 Å². The first-order valence-corrected chi connectivity index (χ1v) is 6.88. The normalized spacial score (nSPS) is 19.7. The summed E-state index contributed by atoms with van der Waals surface area (Å²) in [4.78, 5) is 12.8. The van der Waals surface area contributed by atoms with Crippen molar-refractivity contribution in [3.63, 3.8) is 0 Å². The first kappa shape index (κ1) is 14.0. The summed E-state index contributed by atoms with van der Waals surface area (Å²) in [6.07, 6.45) is 4.01. The number of halogens is 1. The molecular formula is C15H20FNO2. The average molecular weight is 265 g/mol. The summed E-state index contributed by atoms with van der Waals surface area (Å²) in [5, 5.41) is 8.61. The number of likely N-dealkylation sites (tertiary alicyclic amines) is 1. The third-order valence-electron chi connectivity index (χ3n) is 3.68. The summed E-state index contributed by atoms with van der Waals surface area (Å²) in [6, 6.07) is 7.10. The summed E-state index contributed by atoms with van der Waals surface area (Å²) in [7, 11) is 0. The van der Waals surface area contributed by atoms with Crippen molar-refractivity contribution in [2.75, 3.05) is 13.1 Å². The molecule has 1 N–H and O–H groups in total. The standard InChI is InChI=1S/C15H20FNO2/c16-13-6-3-5-12(11-13)14-7-4-10-17(14)9-2-1-8-15(18)19/h3,5-6,11,14H,1-2,4,7-10H2,(H,18,19). The highest BCUT2D eigenvalue weighted by atomic mass is 19.1. The van der Waals surface area contributed by atoms with E-state index >= 15 is 0 Å². The molecule has 0 bridgehead atoms. The molecule has 0 amide bonds. The molecule has 2 rings (SSSR count). The van der Waals surface area contributed by atoms with Crippen LogP contribution < -0.4 is 0 Å². The van der Waals surface area contributed by atoms with E-state index in [0.717, 1.165) is 37.9 Å². The number of carbonyl (C=O) groups is 1. The van der Waals surface area contributed by atoms with Crippen LogP contribution >= 0.6 is 0 Å². The van der Waals surface area contributed by atoms with E-state index in [4.69, 9.17) is 5.11 Å². The molecule has 104 valence electrons. The maximum Gasteiger partial charge on any atom is 0.303 e. The number of rotatable bonds is 6. The molecule has 3 nitrogen and oxygen atoms in total. The maximum absolute atomic E-state index is 13.3. The number of benzene rings is 1. The Morgan fingerprint density at radius 1 is 1.42 bits per heavy atom. The van der Waals surface area contributed by atoms with Crippen molar-refractivity contribution in [3.8, 4) is 0 Å². The van der Waals surface area contributed by atoms with Crippen LogP contribution in [0, 0.1) is 5.82 Å². The minimum absolute atomic E-state index is 0.185. The van der Waals surface area contributed by atoms with Crippen LogP contribution in [0.15, 0.2) is 24.3 Å². The molecule has 4 heteroatoms. The SMILES string of the molecule is O=C(O)CCCCN1CCCC1c1cccc(F)c1. The second kappa shape index (κ2) is 6.66. The third-order valence-corrected chi connectivity index (χ3v) is 3.68. The second-order valence-corrected chi connectivity index (χ2v) is 5.10. The molecule has 1 fully saturated rings. The minimum atomic E-state index is -0.733. The smallest absolute Gasteiger partial charge is 0.303 e. The highest BCUT2D eigenvalue weighted by Crippen LogP contribution is 2.32. The van der Waals surface area contributed by atoms with Gasteiger partial charge in [-0.1, -0.05) is 12.1 Å².